The third-order valence-electron chi connectivity index (χ3n) is 10.0. The summed E-state index contributed by atoms with van der Waals surface area (Å²) in [7, 11) is 4.95. The lowest BCUT2D eigenvalue weighted by molar-refractivity contribution is 0.255. The van der Waals surface area contributed by atoms with Gasteiger partial charge in [0, 0.05) is 0 Å². The van der Waals surface area contributed by atoms with Crippen LogP contribution in [0.15, 0.2) is 72.8 Å². The van der Waals surface area contributed by atoms with Gasteiger partial charge in [0.2, 0.25) is 0 Å². The van der Waals surface area contributed by atoms with Crippen molar-refractivity contribution in [3.8, 4) is 34.5 Å². The van der Waals surface area contributed by atoms with Crippen LogP contribution in [0.4, 0.5) is 0 Å². The van der Waals surface area contributed by atoms with E-state index in [0.29, 0.717) is 17.2 Å². The molecule has 0 saturated carbocycles. The van der Waals surface area contributed by atoms with E-state index in [2.05, 4.69) is 57.2 Å². The van der Waals surface area contributed by atoms with E-state index < -0.39 is 0 Å². The van der Waals surface area contributed by atoms with Crippen molar-refractivity contribution in [2.24, 2.45) is 0 Å². The van der Waals surface area contributed by atoms with Crippen LogP contribution < -0.4 is 28.4 Å². The summed E-state index contributed by atoms with van der Waals surface area (Å²) in [6, 6.07) is 25.3. The zero-order valence-corrected chi connectivity index (χ0v) is 28.6. The van der Waals surface area contributed by atoms with Gasteiger partial charge in [0.25, 0.3) is 0 Å². The number of methoxy groups -OCH3 is 3. The van der Waals surface area contributed by atoms with E-state index in [4.69, 9.17) is 28.4 Å². The first kappa shape index (κ1) is 31.5. The molecule has 6 nitrogen and oxygen atoms in total. The van der Waals surface area contributed by atoms with Gasteiger partial charge in [-0.2, -0.15) is 0 Å². The zero-order valence-electron chi connectivity index (χ0n) is 28.6. The van der Waals surface area contributed by atoms with Gasteiger partial charge in [-0.1, -0.05) is 36.4 Å². The highest BCUT2D eigenvalue weighted by Gasteiger charge is 2.28. The number of rotatable bonds is 3. The average Bonchev–Trinajstić information content (AvgIpc) is 3.11. The molecule has 0 N–H and O–H groups in total. The molecule has 0 fully saturated rings. The van der Waals surface area contributed by atoms with Gasteiger partial charge in [-0.3, -0.25) is 0 Å². The Hall–Kier alpha value is -5.10. The van der Waals surface area contributed by atoms with Gasteiger partial charge in [-0.15, -0.1) is 0 Å². The lowest BCUT2D eigenvalue weighted by atomic mass is 9.82. The second-order valence-corrected chi connectivity index (χ2v) is 12.7. The van der Waals surface area contributed by atoms with Gasteiger partial charge in [0.05, 0.1) is 38.0 Å². The molecule has 12 aliphatic rings. The fourth-order valence-electron chi connectivity index (χ4n) is 7.36. The van der Waals surface area contributed by atoms with Crippen molar-refractivity contribution in [3.05, 3.63) is 140 Å². The summed E-state index contributed by atoms with van der Waals surface area (Å²) in [6.07, 6.45) is 2.51. The molecular weight excluding hydrogens is 600 g/mol. The topological polar surface area (TPSA) is 55.4 Å². The summed E-state index contributed by atoms with van der Waals surface area (Å²) in [5.41, 5.74) is 14.2. The molecule has 12 bridgehead atoms. The van der Waals surface area contributed by atoms with Crippen LogP contribution in [0.1, 0.15) is 66.8 Å². The van der Waals surface area contributed by atoms with Crippen molar-refractivity contribution in [1.29, 1.82) is 0 Å². The largest absolute Gasteiger partial charge is 0.496 e. The molecule has 0 amide bonds. The molecule has 0 spiro atoms. The Balaban J connectivity index is 1.50. The summed E-state index contributed by atoms with van der Waals surface area (Å²) in [5, 5.41) is 0. The lowest BCUT2D eigenvalue weighted by Crippen LogP contribution is -2.13. The van der Waals surface area contributed by atoms with Crippen molar-refractivity contribution in [2.45, 2.75) is 59.9 Å². The molecule has 48 heavy (non-hydrogen) atoms. The van der Waals surface area contributed by atoms with Crippen molar-refractivity contribution in [1.82, 2.24) is 0 Å². The molecule has 6 heteroatoms. The number of hydrogen-bond acceptors (Lipinski definition) is 6. The van der Waals surface area contributed by atoms with Gasteiger partial charge in [-0.05, 0) is 127 Å². The van der Waals surface area contributed by atoms with Crippen LogP contribution >= 0.6 is 0 Å². The van der Waals surface area contributed by atoms with E-state index in [1.54, 1.807) is 21.3 Å². The molecular formula is C42H42O6. The molecule has 0 unspecified atom stereocenters. The molecule has 0 aromatic heterocycles. The lowest BCUT2D eigenvalue weighted by Gasteiger charge is -2.25. The highest BCUT2D eigenvalue weighted by molar-refractivity contribution is 5.63. The van der Waals surface area contributed by atoms with Gasteiger partial charge in [0.15, 0.2) is 0 Å². The minimum absolute atomic E-state index is 0.210. The molecule has 17 rings (SSSR count). The van der Waals surface area contributed by atoms with E-state index in [1.807, 2.05) is 36.4 Å². The van der Waals surface area contributed by atoms with E-state index >= 15 is 0 Å². The standard InChI is InChI=1S/C42H42O6/c1-25-34-19-28-7-13-31(14-8-28)46-22-37-40(43-4)38-23-47-32-15-9-29(10-16-32)20-35(25)27(3)36(26(34)2)21-30-11-17-33(18-12-30)48-24-39(41(37)44-5)42(38)45-6/h7-18H,19-24H2,1-6H3. The first-order valence-electron chi connectivity index (χ1n) is 16.5. The molecule has 12 aliphatic heterocycles. The van der Waals surface area contributed by atoms with Crippen LogP contribution in [0.5, 0.6) is 34.5 Å². The maximum Gasteiger partial charge on any atom is 0.139 e. The highest BCUT2D eigenvalue weighted by atomic mass is 16.5. The van der Waals surface area contributed by atoms with E-state index in [9.17, 15) is 0 Å². The van der Waals surface area contributed by atoms with E-state index in [1.165, 1.54) is 50.1 Å². The van der Waals surface area contributed by atoms with Gasteiger partial charge in [0.1, 0.15) is 54.3 Å². The molecule has 5 aromatic rings. The summed E-state index contributed by atoms with van der Waals surface area (Å²) in [6.45, 7) is 7.49. The Labute approximate surface area is 283 Å². The maximum atomic E-state index is 6.43. The Morgan fingerprint density at radius 2 is 0.625 bits per heavy atom. The molecule has 0 aliphatic carbocycles. The summed E-state index contributed by atoms with van der Waals surface area (Å²) in [4.78, 5) is 0. The van der Waals surface area contributed by atoms with Crippen LogP contribution in [0.25, 0.3) is 0 Å². The Kier molecular flexibility index (Phi) is 8.65. The minimum Gasteiger partial charge on any atom is -0.496 e. The number of benzene rings is 5. The van der Waals surface area contributed by atoms with Crippen molar-refractivity contribution in [2.75, 3.05) is 21.3 Å². The van der Waals surface area contributed by atoms with Crippen LogP contribution in [0, 0.1) is 20.8 Å². The molecule has 246 valence electrons. The molecule has 0 radical (unpaired) electrons. The van der Waals surface area contributed by atoms with Crippen LogP contribution in [0.3, 0.4) is 0 Å². The first-order chi connectivity index (χ1) is 23.4. The minimum atomic E-state index is 0.210. The van der Waals surface area contributed by atoms with Gasteiger partial charge in [-0.25, -0.2) is 0 Å². The third kappa shape index (κ3) is 5.81. The second-order valence-electron chi connectivity index (χ2n) is 12.7. The summed E-state index contributed by atoms with van der Waals surface area (Å²) < 4.78 is 37.5. The molecule has 5 aromatic carbocycles. The quantitative estimate of drug-likeness (QED) is 0.196. The fourth-order valence-corrected chi connectivity index (χ4v) is 7.36. The summed E-state index contributed by atoms with van der Waals surface area (Å²) >= 11 is 0. The first-order valence-corrected chi connectivity index (χ1v) is 16.5. The Morgan fingerprint density at radius 1 is 0.375 bits per heavy atom. The van der Waals surface area contributed by atoms with E-state index in [-0.39, 0.29) is 19.8 Å². The Morgan fingerprint density at radius 3 is 0.854 bits per heavy atom. The zero-order chi connectivity index (χ0) is 33.4. The number of hydrogen-bond donors (Lipinski definition) is 0. The average molecular weight is 643 g/mol. The van der Waals surface area contributed by atoms with E-state index in [0.717, 1.165) is 53.2 Å². The van der Waals surface area contributed by atoms with Crippen molar-refractivity contribution in [3.63, 3.8) is 0 Å². The summed E-state index contributed by atoms with van der Waals surface area (Å²) in [5.74, 6) is 4.06. The maximum absolute atomic E-state index is 6.43. The van der Waals surface area contributed by atoms with Crippen molar-refractivity contribution >= 4 is 0 Å². The van der Waals surface area contributed by atoms with Crippen molar-refractivity contribution < 1.29 is 28.4 Å². The normalized spacial score (nSPS) is 13.6. The van der Waals surface area contributed by atoms with Gasteiger partial charge >= 0.3 is 0 Å². The predicted molar refractivity (Wildman–Crippen MR) is 187 cm³/mol. The second kappa shape index (κ2) is 13.2. The number of ether oxygens (including phenoxy) is 6. The molecule has 0 saturated heterocycles. The highest BCUT2D eigenvalue weighted by Crippen LogP contribution is 2.45. The Bertz CT molecular complexity index is 1690. The smallest absolute Gasteiger partial charge is 0.139 e. The van der Waals surface area contributed by atoms with Crippen LogP contribution in [0.2, 0.25) is 0 Å². The SMILES string of the molecule is COc1c2c(OC)c3c(OC)c1COc1ccc(cc1)Cc1c(C)c(c(C)c(c1C)Cc1ccc(cc1)OC3)Cc1ccc(cc1)OC2. The van der Waals surface area contributed by atoms with Gasteiger partial charge < -0.3 is 28.4 Å². The molecule has 12 heterocycles. The monoisotopic (exact) mass is 642 g/mol. The van der Waals surface area contributed by atoms with Crippen LogP contribution in [-0.2, 0) is 39.1 Å². The fraction of sp³-hybridized carbons (Fsp3) is 0.286. The third-order valence-corrected chi connectivity index (χ3v) is 10.0. The van der Waals surface area contributed by atoms with Crippen LogP contribution in [-0.4, -0.2) is 21.3 Å². The predicted octanol–water partition coefficient (Wildman–Crippen LogP) is 8.77. The molecule has 0 atom stereocenters.